The first-order valence-corrected chi connectivity index (χ1v) is 5.63. The molecule has 0 atom stereocenters. The topological polar surface area (TPSA) is 28.7 Å². The standard InChI is InChI=1S/C12H10N2S/c13-10-14-8-4-7-12(14)15-9-11-5-2-1-3-6-11/h1-8H,9H2. The van der Waals surface area contributed by atoms with Crippen LogP contribution < -0.4 is 0 Å². The molecule has 0 radical (unpaired) electrons. The molecule has 74 valence electrons. The van der Waals surface area contributed by atoms with Crippen LogP contribution in [-0.4, -0.2) is 4.57 Å². The number of thioether (sulfide) groups is 1. The molecule has 15 heavy (non-hydrogen) atoms. The van der Waals surface area contributed by atoms with Crippen molar-refractivity contribution < 1.29 is 0 Å². The molecule has 0 N–H and O–H groups in total. The van der Waals surface area contributed by atoms with Crippen LogP contribution in [0.2, 0.25) is 0 Å². The largest absolute Gasteiger partial charge is 0.249 e. The monoisotopic (exact) mass is 214 g/mol. The van der Waals surface area contributed by atoms with E-state index < -0.39 is 0 Å². The van der Waals surface area contributed by atoms with Crippen molar-refractivity contribution in [3.8, 4) is 6.19 Å². The smallest absolute Gasteiger partial charge is 0.189 e. The van der Waals surface area contributed by atoms with Crippen molar-refractivity contribution in [1.29, 1.82) is 5.26 Å². The van der Waals surface area contributed by atoms with Crippen molar-refractivity contribution in [3.05, 3.63) is 54.2 Å². The molecule has 2 nitrogen and oxygen atoms in total. The van der Waals surface area contributed by atoms with E-state index >= 15 is 0 Å². The van der Waals surface area contributed by atoms with E-state index in [4.69, 9.17) is 5.26 Å². The Kier molecular flexibility index (Phi) is 3.11. The SMILES string of the molecule is N#Cn1cccc1SCc1ccccc1. The molecule has 2 rings (SSSR count). The summed E-state index contributed by atoms with van der Waals surface area (Å²) in [7, 11) is 0. The number of nitrogens with zero attached hydrogens (tertiary/aromatic N) is 2. The van der Waals surface area contributed by atoms with E-state index in [1.54, 1.807) is 22.5 Å². The first-order valence-electron chi connectivity index (χ1n) is 4.64. The molecule has 0 spiro atoms. The fourth-order valence-corrected chi connectivity index (χ4v) is 2.22. The number of hydrogen-bond donors (Lipinski definition) is 0. The highest BCUT2D eigenvalue weighted by Crippen LogP contribution is 2.22. The molecule has 0 saturated heterocycles. The van der Waals surface area contributed by atoms with Crippen molar-refractivity contribution in [2.45, 2.75) is 10.8 Å². The Bertz CT molecular complexity index is 468. The molecule has 0 amide bonds. The molecule has 1 aromatic heterocycles. The summed E-state index contributed by atoms with van der Waals surface area (Å²) >= 11 is 1.67. The number of nitriles is 1. The molecule has 0 aliphatic carbocycles. The Morgan fingerprint density at radius 1 is 1.13 bits per heavy atom. The number of aromatic nitrogens is 1. The number of benzene rings is 1. The van der Waals surface area contributed by atoms with Crippen molar-refractivity contribution >= 4 is 11.8 Å². The van der Waals surface area contributed by atoms with Crippen LogP contribution in [0.4, 0.5) is 0 Å². The van der Waals surface area contributed by atoms with Crippen LogP contribution in [0.1, 0.15) is 5.56 Å². The fourth-order valence-electron chi connectivity index (χ4n) is 1.30. The van der Waals surface area contributed by atoms with Gasteiger partial charge in [-0.25, -0.2) is 4.57 Å². The van der Waals surface area contributed by atoms with E-state index in [-0.39, 0.29) is 0 Å². The lowest BCUT2D eigenvalue weighted by molar-refractivity contribution is 0.975. The van der Waals surface area contributed by atoms with Gasteiger partial charge in [-0.15, -0.1) is 11.8 Å². The summed E-state index contributed by atoms with van der Waals surface area (Å²) in [6.45, 7) is 0. The Balaban J connectivity index is 2.03. The van der Waals surface area contributed by atoms with Crippen LogP contribution in [0, 0.1) is 11.5 Å². The normalized spacial score (nSPS) is 9.80. The van der Waals surface area contributed by atoms with E-state index in [0.717, 1.165) is 10.8 Å². The predicted molar refractivity (Wildman–Crippen MR) is 61.4 cm³/mol. The van der Waals surface area contributed by atoms with Crippen LogP contribution in [0.3, 0.4) is 0 Å². The molecule has 0 aliphatic heterocycles. The van der Waals surface area contributed by atoms with Gasteiger partial charge in [0.2, 0.25) is 0 Å². The molecule has 3 heteroatoms. The number of hydrogen-bond acceptors (Lipinski definition) is 2. The molecule has 1 aromatic carbocycles. The summed E-state index contributed by atoms with van der Waals surface area (Å²) in [4.78, 5) is 0. The van der Waals surface area contributed by atoms with E-state index in [2.05, 4.69) is 18.3 Å². The average Bonchev–Trinajstić information content (AvgIpc) is 2.75. The van der Waals surface area contributed by atoms with Crippen LogP contribution in [0.15, 0.2) is 53.7 Å². The van der Waals surface area contributed by atoms with E-state index in [1.807, 2.05) is 30.3 Å². The van der Waals surface area contributed by atoms with Gasteiger partial charge < -0.3 is 0 Å². The maximum absolute atomic E-state index is 8.80. The molecular formula is C12H10N2S. The zero-order valence-electron chi connectivity index (χ0n) is 8.13. The third-order valence-corrected chi connectivity index (χ3v) is 3.15. The highest BCUT2D eigenvalue weighted by Gasteiger charge is 2.00. The van der Waals surface area contributed by atoms with Crippen LogP contribution >= 0.6 is 11.8 Å². The predicted octanol–water partition coefficient (Wildman–Crippen LogP) is 3.11. The van der Waals surface area contributed by atoms with E-state index in [0.29, 0.717) is 0 Å². The van der Waals surface area contributed by atoms with Gasteiger partial charge >= 0.3 is 0 Å². The second-order valence-corrected chi connectivity index (χ2v) is 4.09. The second kappa shape index (κ2) is 4.72. The number of rotatable bonds is 3. The van der Waals surface area contributed by atoms with Crippen LogP contribution in [0.25, 0.3) is 0 Å². The molecule has 1 heterocycles. The minimum atomic E-state index is 0.895. The molecular weight excluding hydrogens is 204 g/mol. The Morgan fingerprint density at radius 3 is 2.67 bits per heavy atom. The van der Waals surface area contributed by atoms with E-state index in [1.165, 1.54) is 5.56 Å². The Labute approximate surface area is 93.2 Å². The summed E-state index contributed by atoms with van der Waals surface area (Å²) in [6, 6.07) is 14.1. The molecule has 0 bridgehead atoms. The summed E-state index contributed by atoms with van der Waals surface area (Å²) in [6.07, 6.45) is 3.88. The first-order chi connectivity index (χ1) is 7.40. The molecule has 0 saturated carbocycles. The molecule has 2 aromatic rings. The molecule has 0 aliphatic rings. The van der Waals surface area contributed by atoms with Gasteiger partial charge in [0.1, 0.15) is 0 Å². The van der Waals surface area contributed by atoms with Gasteiger partial charge in [0.05, 0.1) is 5.03 Å². The first kappa shape index (κ1) is 9.88. The highest BCUT2D eigenvalue weighted by molar-refractivity contribution is 7.98. The van der Waals surface area contributed by atoms with Crippen molar-refractivity contribution in [3.63, 3.8) is 0 Å². The highest BCUT2D eigenvalue weighted by atomic mass is 32.2. The maximum Gasteiger partial charge on any atom is 0.189 e. The van der Waals surface area contributed by atoms with Gasteiger partial charge in [-0.2, -0.15) is 5.26 Å². The van der Waals surface area contributed by atoms with Gasteiger partial charge in [-0.1, -0.05) is 30.3 Å². The van der Waals surface area contributed by atoms with Crippen LogP contribution in [0.5, 0.6) is 0 Å². The van der Waals surface area contributed by atoms with Gasteiger partial charge in [0, 0.05) is 11.9 Å². The summed E-state index contributed by atoms with van der Waals surface area (Å²) in [5.74, 6) is 0.895. The molecule has 0 unspecified atom stereocenters. The van der Waals surface area contributed by atoms with Gasteiger partial charge in [0.15, 0.2) is 6.19 Å². The van der Waals surface area contributed by atoms with Crippen LogP contribution in [-0.2, 0) is 5.75 Å². The minimum absolute atomic E-state index is 0.895. The van der Waals surface area contributed by atoms with Crippen molar-refractivity contribution in [2.24, 2.45) is 0 Å². The minimum Gasteiger partial charge on any atom is -0.249 e. The summed E-state index contributed by atoms with van der Waals surface area (Å²) in [5.41, 5.74) is 1.27. The second-order valence-electron chi connectivity index (χ2n) is 3.09. The zero-order valence-corrected chi connectivity index (χ0v) is 8.95. The van der Waals surface area contributed by atoms with Crippen molar-refractivity contribution in [2.75, 3.05) is 0 Å². The fraction of sp³-hybridized carbons (Fsp3) is 0.0833. The summed E-state index contributed by atoms with van der Waals surface area (Å²) < 4.78 is 1.58. The van der Waals surface area contributed by atoms with Crippen molar-refractivity contribution in [1.82, 2.24) is 4.57 Å². The zero-order chi connectivity index (χ0) is 10.5. The maximum atomic E-state index is 8.80. The molecule has 0 fully saturated rings. The van der Waals surface area contributed by atoms with Gasteiger partial charge in [-0.3, -0.25) is 0 Å². The van der Waals surface area contributed by atoms with Gasteiger partial charge in [0.25, 0.3) is 0 Å². The Morgan fingerprint density at radius 2 is 1.93 bits per heavy atom. The third kappa shape index (κ3) is 2.42. The summed E-state index contributed by atoms with van der Waals surface area (Å²) in [5, 5.41) is 9.79. The lowest BCUT2D eigenvalue weighted by Crippen LogP contribution is -1.87. The lowest BCUT2D eigenvalue weighted by Gasteiger charge is -2.01. The third-order valence-electron chi connectivity index (χ3n) is 2.05. The quantitative estimate of drug-likeness (QED) is 0.734. The van der Waals surface area contributed by atoms with E-state index in [9.17, 15) is 0 Å². The van der Waals surface area contributed by atoms with Gasteiger partial charge in [-0.05, 0) is 17.7 Å². The lowest BCUT2D eigenvalue weighted by atomic mass is 10.2. The Hall–Kier alpha value is -1.66. The average molecular weight is 214 g/mol.